The first kappa shape index (κ1) is 11.8. The fourth-order valence-corrected chi connectivity index (χ4v) is 1.89. The van der Waals surface area contributed by atoms with E-state index in [0.717, 1.165) is 5.56 Å². The van der Waals surface area contributed by atoms with Gasteiger partial charge < -0.3 is 5.73 Å². The highest BCUT2D eigenvalue weighted by atomic mass is 35.5. The van der Waals surface area contributed by atoms with Gasteiger partial charge in [-0.05, 0) is 24.6 Å². The highest BCUT2D eigenvalue weighted by molar-refractivity contribution is 6.33. The quantitative estimate of drug-likeness (QED) is 0.892. The summed E-state index contributed by atoms with van der Waals surface area (Å²) < 4.78 is 13.2. The first-order valence-electron chi connectivity index (χ1n) is 5.18. The van der Waals surface area contributed by atoms with Gasteiger partial charge in [-0.15, -0.1) is 0 Å². The number of nitrogen functional groups attached to an aromatic ring is 1. The lowest BCUT2D eigenvalue weighted by Crippen LogP contribution is -2.01. The molecule has 0 radical (unpaired) electrons. The zero-order chi connectivity index (χ0) is 12.4. The maximum absolute atomic E-state index is 13.2. The molecule has 5 heteroatoms. The van der Waals surface area contributed by atoms with Crippen molar-refractivity contribution in [2.45, 2.75) is 13.3 Å². The number of hydrogen-bond acceptors (Lipinski definition) is 3. The molecule has 0 amide bonds. The largest absolute Gasteiger partial charge is 0.383 e. The highest BCUT2D eigenvalue weighted by Crippen LogP contribution is 2.31. The van der Waals surface area contributed by atoms with Gasteiger partial charge in [0.2, 0.25) is 0 Å². The van der Waals surface area contributed by atoms with Crippen LogP contribution in [0.3, 0.4) is 0 Å². The molecule has 0 spiro atoms. The van der Waals surface area contributed by atoms with Crippen LogP contribution in [0.5, 0.6) is 0 Å². The average molecular weight is 252 g/mol. The van der Waals surface area contributed by atoms with Crippen LogP contribution in [-0.4, -0.2) is 9.97 Å². The van der Waals surface area contributed by atoms with Crippen molar-refractivity contribution in [2.24, 2.45) is 0 Å². The number of halogens is 2. The zero-order valence-corrected chi connectivity index (χ0v) is 10.0. The molecule has 17 heavy (non-hydrogen) atoms. The zero-order valence-electron chi connectivity index (χ0n) is 9.24. The Hall–Kier alpha value is -1.68. The molecule has 1 aromatic carbocycles. The molecule has 88 valence electrons. The number of aromatic nitrogens is 2. The molecule has 2 N–H and O–H groups in total. The van der Waals surface area contributed by atoms with Gasteiger partial charge in [-0.25, -0.2) is 14.4 Å². The monoisotopic (exact) mass is 251 g/mol. The molecule has 0 aliphatic heterocycles. The van der Waals surface area contributed by atoms with Gasteiger partial charge in [0, 0.05) is 11.1 Å². The van der Waals surface area contributed by atoms with E-state index in [-0.39, 0.29) is 5.82 Å². The van der Waals surface area contributed by atoms with Crippen molar-refractivity contribution in [2.75, 3.05) is 5.73 Å². The molecule has 2 rings (SSSR count). The lowest BCUT2D eigenvalue weighted by molar-refractivity contribution is 0.628. The van der Waals surface area contributed by atoms with E-state index < -0.39 is 0 Å². The Morgan fingerprint density at radius 1 is 1.35 bits per heavy atom. The van der Waals surface area contributed by atoms with E-state index >= 15 is 0 Å². The second-order valence-corrected chi connectivity index (χ2v) is 3.97. The number of rotatable bonds is 2. The Kier molecular flexibility index (Phi) is 3.24. The van der Waals surface area contributed by atoms with E-state index in [9.17, 15) is 4.39 Å². The van der Waals surface area contributed by atoms with Crippen LogP contribution in [-0.2, 0) is 6.42 Å². The Balaban J connectivity index is 2.68. The molecule has 0 saturated heterocycles. The van der Waals surface area contributed by atoms with Crippen molar-refractivity contribution in [3.8, 4) is 11.3 Å². The molecular weight excluding hydrogens is 241 g/mol. The van der Waals surface area contributed by atoms with Crippen LogP contribution in [0.1, 0.15) is 12.5 Å². The van der Waals surface area contributed by atoms with Crippen LogP contribution < -0.4 is 5.73 Å². The minimum absolute atomic E-state index is 0.358. The normalized spacial score (nSPS) is 10.5. The van der Waals surface area contributed by atoms with E-state index in [4.69, 9.17) is 17.3 Å². The summed E-state index contributed by atoms with van der Waals surface area (Å²) in [5.74, 6) is 0.0430. The summed E-state index contributed by atoms with van der Waals surface area (Å²) in [4.78, 5) is 8.06. The first-order valence-corrected chi connectivity index (χ1v) is 5.56. The molecule has 0 fully saturated rings. The van der Waals surface area contributed by atoms with Crippen LogP contribution in [0, 0.1) is 5.82 Å². The number of hydrogen-bond donors (Lipinski definition) is 1. The summed E-state index contributed by atoms with van der Waals surface area (Å²) in [7, 11) is 0. The summed E-state index contributed by atoms with van der Waals surface area (Å²) in [6.07, 6.45) is 2.01. The van der Waals surface area contributed by atoms with Gasteiger partial charge >= 0.3 is 0 Å². The molecule has 1 heterocycles. The lowest BCUT2D eigenvalue weighted by Gasteiger charge is -2.10. The predicted molar refractivity (Wildman–Crippen MR) is 66.2 cm³/mol. The van der Waals surface area contributed by atoms with E-state index in [1.165, 1.54) is 24.5 Å². The summed E-state index contributed by atoms with van der Waals surface area (Å²) in [6.45, 7) is 1.94. The highest BCUT2D eigenvalue weighted by Gasteiger charge is 2.13. The molecular formula is C12H11ClFN3. The molecule has 0 saturated carbocycles. The van der Waals surface area contributed by atoms with Crippen molar-refractivity contribution >= 4 is 17.4 Å². The molecule has 0 bridgehead atoms. The Labute approximate surface area is 103 Å². The van der Waals surface area contributed by atoms with E-state index in [1.54, 1.807) is 0 Å². The van der Waals surface area contributed by atoms with Crippen molar-refractivity contribution in [1.29, 1.82) is 0 Å². The fourth-order valence-electron chi connectivity index (χ4n) is 1.69. The minimum atomic E-state index is -0.358. The Bertz CT molecular complexity index is 557. The average Bonchev–Trinajstić information content (AvgIpc) is 2.32. The second kappa shape index (κ2) is 4.67. The Morgan fingerprint density at radius 2 is 2.12 bits per heavy atom. The third kappa shape index (κ3) is 2.22. The van der Waals surface area contributed by atoms with Crippen LogP contribution in [0.4, 0.5) is 10.2 Å². The number of anilines is 1. The van der Waals surface area contributed by atoms with Gasteiger partial charge in [0.1, 0.15) is 18.0 Å². The number of nitrogens with two attached hydrogens (primary N) is 1. The van der Waals surface area contributed by atoms with E-state index in [2.05, 4.69) is 9.97 Å². The summed E-state index contributed by atoms with van der Waals surface area (Å²) in [5.41, 5.74) is 7.67. The van der Waals surface area contributed by atoms with Crippen LogP contribution in [0.2, 0.25) is 5.02 Å². The standard InChI is InChI=1S/C12H11ClFN3/c1-2-8-11(16-6-17-12(8)15)9-5-7(14)3-4-10(9)13/h3-6H,2H2,1H3,(H2,15,16,17). The smallest absolute Gasteiger partial charge is 0.130 e. The third-order valence-corrected chi connectivity index (χ3v) is 2.85. The molecule has 0 unspecified atom stereocenters. The second-order valence-electron chi connectivity index (χ2n) is 3.56. The van der Waals surface area contributed by atoms with Gasteiger partial charge in [-0.2, -0.15) is 0 Å². The molecule has 0 aliphatic carbocycles. The summed E-state index contributed by atoms with van der Waals surface area (Å²) >= 11 is 6.04. The fraction of sp³-hybridized carbons (Fsp3) is 0.167. The number of nitrogens with zero attached hydrogens (tertiary/aromatic N) is 2. The van der Waals surface area contributed by atoms with Crippen LogP contribution >= 0.6 is 11.6 Å². The van der Waals surface area contributed by atoms with Gasteiger partial charge in [0.05, 0.1) is 10.7 Å². The molecule has 0 atom stereocenters. The minimum Gasteiger partial charge on any atom is -0.383 e. The SMILES string of the molecule is CCc1c(N)ncnc1-c1cc(F)ccc1Cl. The molecule has 3 nitrogen and oxygen atoms in total. The van der Waals surface area contributed by atoms with Crippen LogP contribution in [0.15, 0.2) is 24.5 Å². The summed E-state index contributed by atoms with van der Waals surface area (Å²) in [5, 5.41) is 0.444. The van der Waals surface area contributed by atoms with E-state index in [1.807, 2.05) is 6.92 Å². The van der Waals surface area contributed by atoms with Crippen molar-refractivity contribution < 1.29 is 4.39 Å². The van der Waals surface area contributed by atoms with Gasteiger partial charge in [-0.3, -0.25) is 0 Å². The van der Waals surface area contributed by atoms with E-state index in [0.29, 0.717) is 28.5 Å². The van der Waals surface area contributed by atoms with Gasteiger partial charge in [-0.1, -0.05) is 18.5 Å². The van der Waals surface area contributed by atoms with Gasteiger partial charge in [0.15, 0.2) is 0 Å². The van der Waals surface area contributed by atoms with Crippen molar-refractivity contribution in [1.82, 2.24) is 9.97 Å². The maximum atomic E-state index is 13.2. The Morgan fingerprint density at radius 3 is 2.82 bits per heavy atom. The third-order valence-electron chi connectivity index (χ3n) is 2.52. The molecule has 1 aromatic heterocycles. The van der Waals surface area contributed by atoms with Crippen LogP contribution in [0.25, 0.3) is 11.3 Å². The number of benzene rings is 1. The molecule has 2 aromatic rings. The van der Waals surface area contributed by atoms with Gasteiger partial charge in [0.25, 0.3) is 0 Å². The maximum Gasteiger partial charge on any atom is 0.130 e. The summed E-state index contributed by atoms with van der Waals surface area (Å²) in [6, 6.07) is 4.16. The lowest BCUT2D eigenvalue weighted by atomic mass is 10.0. The van der Waals surface area contributed by atoms with Crippen molar-refractivity contribution in [3.05, 3.63) is 40.9 Å². The predicted octanol–water partition coefficient (Wildman–Crippen LogP) is 3.08. The molecule has 0 aliphatic rings. The topological polar surface area (TPSA) is 51.8 Å². The van der Waals surface area contributed by atoms with Crippen molar-refractivity contribution in [3.63, 3.8) is 0 Å². The first-order chi connectivity index (χ1) is 8.13.